The third kappa shape index (κ3) is 2.79. The van der Waals surface area contributed by atoms with Gasteiger partial charge in [-0.25, -0.2) is 0 Å². The van der Waals surface area contributed by atoms with E-state index in [0.717, 1.165) is 28.1 Å². The molecule has 0 saturated carbocycles. The maximum Gasteiger partial charge on any atom is 0.0643 e. The highest BCUT2D eigenvalue weighted by molar-refractivity contribution is 9.10. The fraction of sp³-hybridized carbons (Fsp3) is 0.250. The van der Waals surface area contributed by atoms with Crippen LogP contribution in [0.4, 0.5) is 11.4 Å². The monoisotopic (exact) mass is 294 g/mol. The molecule has 0 aliphatic rings. The minimum atomic E-state index is 0.723. The van der Waals surface area contributed by atoms with Crippen LogP contribution in [0.25, 0.3) is 0 Å². The Morgan fingerprint density at radius 1 is 1.47 bits per heavy atom. The molecule has 0 radical (unpaired) electrons. The third-order valence-electron chi connectivity index (χ3n) is 2.60. The Morgan fingerprint density at radius 2 is 2.24 bits per heavy atom. The van der Waals surface area contributed by atoms with Gasteiger partial charge in [-0.3, -0.25) is 4.68 Å². The summed E-state index contributed by atoms with van der Waals surface area (Å²) in [5, 5.41) is 7.62. The highest BCUT2D eigenvalue weighted by atomic mass is 79.9. The van der Waals surface area contributed by atoms with Crippen molar-refractivity contribution in [2.24, 2.45) is 7.05 Å². The molecule has 90 valence electrons. The lowest BCUT2D eigenvalue weighted by molar-refractivity contribution is 0.756. The predicted molar refractivity (Wildman–Crippen MR) is 73.8 cm³/mol. The van der Waals surface area contributed by atoms with Crippen LogP contribution in [0.5, 0.6) is 0 Å². The summed E-state index contributed by atoms with van der Waals surface area (Å²) in [7, 11) is 1.92. The summed E-state index contributed by atoms with van der Waals surface area (Å²) in [6.07, 6.45) is 2.01. The van der Waals surface area contributed by atoms with Crippen LogP contribution >= 0.6 is 15.9 Å². The van der Waals surface area contributed by atoms with E-state index in [1.807, 2.05) is 43.0 Å². The average Bonchev–Trinajstić information content (AvgIpc) is 2.59. The molecule has 4 nitrogen and oxygen atoms in total. The zero-order valence-electron chi connectivity index (χ0n) is 9.87. The van der Waals surface area contributed by atoms with Crippen LogP contribution in [0, 0.1) is 6.92 Å². The first-order chi connectivity index (χ1) is 8.06. The topological polar surface area (TPSA) is 55.9 Å². The van der Waals surface area contributed by atoms with Gasteiger partial charge >= 0.3 is 0 Å². The van der Waals surface area contributed by atoms with Crippen molar-refractivity contribution in [1.82, 2.24) is 9.78 Å². The highest BCUT2D eigenvalue weighted by Crippen LogP contribution is 2.24. The van der Waals surface area contributed by atoms with Crippen molar-refractivity contribution < 1.29 is 0 Å². The summed E-state index contributed by atoms with van der Waals surface area (Å²) in [6.45, 7) is 2.72. The van der Waals surface area contributed by atoms with Crippen LogP contribution in [0.2, 0.25) is 0 Å². The number of aryl methyl sites for hydroxylation is 2. The van der Waals surface area contributed by atoms with Crippen molar-refractivity contribution in [3.8, 4) is 0 Å². The van der Waals surface area contributed by atoms with Crippen molar-refractivity contribution in [1.29, 1.82) is 0 Å². The second kappa shape index (κ2) is 4.79. The zero-order chi connectivity index (χ0) is 12.4. The number of benzene rings is 1. The molecular weight excluding hydrogens is 280 g/mol. The Balaban J connectivity index is 2.12. The number of hydrogen-bond donors (Lipinski definition) is 2. The molecule has 0 saturated heterocycles. The fourth-order valence-corrected chi connectivity index (χ4v) is 2.06. The van der Waals surface area contributed by atoms with Crippen molar-refractivity contribution in [3.63, 3.8) is 0 Å². The van der Waals surface area contributed by atoms with Gasteiger partial charge in [0, 0.05) is 29.8 Å². The Bertz CT molecular complexity index is 533. The molecule has 1 heterocycles. The first-order valence-corrected chi connectivity index (χ1v) is 6.13. The van der Waals surface area contributed by atoms with Crippen molar-refractivity contribution in [2.75, 3.05) is 11.1 Å². The van der Waals surface area contributed by atoms with Crippen LogP contribution < -0.4 is 11.1 Å². The summed E-state index contributed by atoms with van der Waals surface area (Å²) in [5.74, 6) is 0. The SMILES string of the molecule is Cc1nn(C)cc1CNc1cc(Br)ccc1N. The summed E-state index contributed by atoms with van der Waals surface area (Å²) < 4.78 is 2.83. The van der Waals surface area contributed by atoms with Gasteiger partial charge in [0.05, 0.1) is 17.1 Å². The molecule has 2 aromatic rings. The van der Waals surface area contributed by atoms with Crippen LogP contribution in [0.15, 0.2) is 28.9 Å². The van der Waals surface area contributed by atoms with Crippen LogP contribution in [0.1, 0.15) is 11.3 Å². The molecule has 2 rings (SSSR count). The first kappa shape index (κ1) is 12.0. The van der Waals surface area contributed by atoms with E-state index in [1.165, 1.54) is 5.56 Å². The summed E-state index contributed by atoms with van der Waals surface area (Å²) in [6, 6.07) is 5.78. The number of hydrogen-bond acceptors (Lipinski definition) is 3. The van der Waals surface area contributed by atoms with E-state index in [2.05, 4.69) is 26.3 Å². The fourth-order valence-electron chi connectivity index (χ4n) is 1.69. The normalized spacial score (nSPS) is 10.5. The number of halogens is 1. The standard InChI is InChI=1S/C12H15BrN4/c1-8-9(7-17(2)16-8)6-15-12-5-10(13)3-4-11(12)14/h3-5,7,15H,6,14H2,1-2H3. The maximum absolute atomic E-state index is 5.89. The van der Waals surface area contributed by atoms with E-state index in [4.69, 9.17) is 5.73 Å². The molecule has 0 aliphatic heterocycles. The Labute approximate surface area is 109 Å². The van der Waals surface area contributed by atoms with E-state index in [1.54, 1.807) is 0 Å². The number of nitrogen functional groups attached to an aromatic ring is 1. The van der Waals surface area contributed by atoms with E-state index in [0.29, 0.717) is 0 Å². The Morgan fingerprint density at radius 3 is 2.88 bits per heavy atom. The zero-order valence-corrected chi connectivity index (χ0v) is 11.5. The van der Waals surface area contributed by atoms with Gasteiger partial charge in [0.15, 0.2) is 0 Å². The van der Waals surface area contributed by atoms with Gasteiger partial charge in [-0.1, -0.05) is 15.9 Å². The smallest absolute Gasteiger partial charge is 0.0643 e. The molecule has 0 atom stereocenters. The molecule has 0 fully saturated rings. The van der Waals surface area contributed by atoms with Gasteiger partial charge < -0.3 is 11.1 Å². The van der Waals surface area contributed by atoms with E-state index in [-0.39, 0.29) is 0 Å². The van der Waals surface area contributed by atoms with Gasteiger partial charge in [0.1, 0.15) is 0 Å². The quantitative estimate of drug-likeness (QED) is 0.856. The molecule has 17 heavy (non-hydrogen) atoms. The number of nitrogens with zero attached hydrogens (tertiary/aromatic N) is 2. The summed E-state index contributed by atoms with van der Waals surface area (Å²) in [5.41, 5.74) is 9.78. The maximum atomic E-state index is 5.89. The number of nitrogens with one attached hydrogen (secondary N) is 1. The molecular formula is C12H15BrN4. The molecule has 1 aromatic carbocycles. The molecule has 5 heteroatoms. The highest BCUT2D eigenvalue weighted by Gasteiger charge is 2.04. The van der Waals surface area contributed by atoms with Crippen LogP contribution in [0.3, 0.4) is 0 Å². The predicted octanol–water partition coefficient (Wildman–Crippen LogP) is 2.69. The second-order valence-electron chi connectivity index (χ2n) is 4.00. The van der Waals surface area contributed by atoms with Crippen LogP contribution in [-0.2, 0) is 13.6 Å². The van der Waals surface area contributed by atoms with Crippen LogP contribution in [-0.4, -0.2) is 9.78 Å². The molecule has 3 N–H and O–H groups in total. The number of aromatic nitrogens is 2. The van der Waals surface area contributed by atoms with E-state index in [9.17, 15) is 0 Å². The molecule has 1 aromatic heterocycles. The van der Waals surface area contributed by atoms with Crippen molar-refractivity contribution in [2.45, 2.75) is 13.5 Å². The van der Waals surface area contributed by atoms with Gasteiger partial charge in [0.25, 0.3) is 0 Å². The molecule has 0 spiro atoms. The number of nitrogens with two attached hydrogens (primary N) is 1. The number of rotatable bonds is 3. The second-order valence-corrected chi connectivity index (χ2v) is 4.91. The van der Waals surface area contributed by atoms with Gasteiger partial charge in [-0.05, 0) is 25.1 Å². The first-order valence-electron chi connectivity index (χ1n) is 5.34. The minimum absolute atomic E-state index is 0.723. The Hall–Kier alpha value is -1.49. The third-order valence-corrected chi connectivity index (χ3v) is 3.09. The lowest BCUT2D eigenvalue weighted by Crippen LogP contribution is -2.02. The minimum Gasteiger partial charge on any atom is -0.397 e. The van der Waals surface area contributed by atoms with Gasteiger partial charge in [0.2, 0.25) is 0 Å². The molecule has 0 aliphatic carbocycles. The van der Waals surface area contributed by atoms with Gasteiger partial charge in [-0.15, -0.1) is 0 Å². The lowest BCUT2D eigenvalue weighted by atomic mass is 10.2. The molecule has 0 unspecified atom stereocenters. The summed E-state index contributed by atoms with van der Waals surface area (Å²) >= 11 is 3.43. The number of anilines is 2. The van der Waals surface area contributed by atoms with E-state index >= 15 is 0 Å². The Kier molecular flexibility index (Phi) is 3.38. The average molecular weight is 295 g/mol. The van der Waals surface area contributed by atoms with Crippen molar-refractivity contribution >= 4 is 27.3 Å². The summed E-state index contributed by atoms with van der Waals surface area (Å²) in [4.78, 5) is 0. The van der Waals surface area contributed by atoms with E-state index < -0.39 is 0 Å². The molecule has 0 bridgehead atoms. The molecule has 0 amide bonds. The van der Waals surface area contributed by atoms with Gasteiger partial charge in [-0.2, -0.15) is 5.10 Å². The largest absolute Gasteiger partial charge is 0.397 e. The lowest BCUT2D eigenvalue weighted by Gasteiger charge is -2.09. The van der Waals surface area contributed by atoms with Crippen molar-refractivity contribution in [3.05, 3.63) is 40.1 Å².